The molecule has 0 radical (unpaired) electrons. The van der Waals surface area contributed by atoms with Crippen LogP contribution in [0.15, 0.2) is 24.3 Å². The molecule has 1 heterocycles. The molecule has 1 fully saturated rings. The van der Waals surface area contributed by atoms with Crippen LogP contribution >= 0.6 is 0 Å². The van der Waals surface area contributed by atoms with Crippen LogP contribution in [0.2, 0.25) is 0 Å². The lowest BCUT2D eigenvalue weighted by Crippen LogP contribution is -2.63. The lowest BCUT2D eigenvalue weighted by molar-refractivity contribution is -0.384. The highest BCUT2D eigenvalue weighted by Gasteiger charge is 2.42. The molecule has 1 amide bonds. The number of β-amino-alcohol motifs (C(OH)–C–C–N with tert-alkyl or cyclic N) is 1. The predicted molar refractivity (Wildman–Crippen MR) is 68.9 cm³/mol. The van der Waals surface area contributed by atoms with Gasteiger partial charge in [0, 0.05) is 17.7 Å². The first-order valence-corrected chi connectivity index (χ1v) is 6.21. The molecule has 102 valence electrons. The first-order valence-electron chi connectivity index (χ1n) is 6.21. The van der Waals surface area contributed by atoms with Crippen LogP contribution in [0.25, 0.3) is 0 Å². The van der Waals surface area contributed by atoms with Crippen molar-refractivity contribution in [1.82, 2.24) is 4.90 Å². The molecule has 1 saturated heterocycles. The minimum absolute atomic E-state index is 0.0392. The predicted octanol–water partition coefficient (Wildman–Crippen LogP) is 1.58. The number of likely N-dealkylation sites (tertiary alicyclic amines) is 1. The van der Waals surface area contributed by atoms with E-state index in [1.54, 1.807) is 4.90 Å². The fraction of sp³-hybridized carbons (Fsp3) is 0.462. The van der Waals surface area contributed by atoms with Gasteiger partial charge in [-0.25, -0.2) is 0 Å². The van der Waals surface area contributed by atoms with Gasteiger partial charge in [0.25, 0.3) is 11.6 Å². The number of hydrogen-bond acceptors (Lipinski definition) is 4. The van der Waals surface area contributed by atoms with E-state index in [9.17, 15) is 20.0 Å². The summed E-state index contributed by atoms with van der Waals surface area (Å²) in [6, 6.07) is 5.51. The van der Waals surface area contributed by atoms with E-state index in [4.69, 9.17) is 0 Å². The summed E-state index contributed by atoms with van der Waals surface area (Å²) >= 11 is 0. The number of carbonyl (C=O) groups excluding carboxylic acids is 1. The number of rotatable bonds is 4. The van der Waals surface area contributed by atoms with Gasteiger partial charge in [-0.1, -0.05) is 13.3 Å². The molecule has 1 aromatic carbocycles. The molecule has 2 rings (SSSR count). The number of amides is 1. The van der Waals surface area contributed by atoms with Gasteiger partial charge in [-0.2, -0.15) is 0 Å². The standard InChI is InChI=1S/C13H16N2O4/c1-2-7-13(17)8-14(9-13)12(16)10-3-5-11(6-4-10)15(18)19/h3-6,17H,2,7-9H2,1H3. The van der Waals surface area contributed by atoms with E-state index < -0.39 is 10.5 Å². The molecular formula is C13H16N2O4. The minimum atomic E-state index is -0.759. The largest absolute Gasteiger partial charge is 0.386 e. The van der Waals surface area contributed by atoms with Crippen LogP contribution in [0.5, 0.6) is 0 Å². The molecule has 0 atom stereocenters. The van der Waals surface area contributed by atoms with Crippen LogP contribution in [0.4, 0.5) is 5.69 Å². The quantitative estimate of drug-likeness (QED) is 0.661. The molecule has 1 aliphatic heterocycles. The summed E-state index contributed by atoms with van der Waals surface area (Å²) in [6.45, 7) is 2.64. The van der Waals surface area contributed by atoms with Gasteiger partial charge in [-0.3, -0.25) is 14.9 Å². The van der Waals surface area contributed by atoms with Crippen LogP contribution < -0.4 is 0 Å². The number of benzene rings is 1. The summed E-state index contributed by atoms with van der Waals surface area (Å²) in [5.74, 6) is -0.198. The van der Waals surface area contributed by atoms with Crippen molar-refractivity contribution in [3.63, 3.8) is 0 Å². The topological polar surface area (TPSA) is 83.7 Å². The zero-order chi connectivity index (χ0) is 14.0. The molecule has 1 aromatic rings. The van der Waals surface area contributed by atoms with Gasteiger partial charge >= 0.3 is 0 Å². The molecule has 1 N–H and O–H groups in total. The van der Waals surface area contributed by atoms with Gasteiger partial charge in [-0.15, -0.1) is 0 Å². The fourth-order valence-corrected chi connectivity index (χ4v) is 2.34. The van der Waals surface area contributed by atoms with E-state index in [2.05, 4.69) is 0 Å². The Bertz CT molecular complexity index is 492. The van der Waals surface area contributed by atoms with Crippen molar-refractivity contribution in [2.45, 2.75) is 25.4 Å². The molecule has 19 heavy (non-hydrogen) atoms. The Morgan fingerprint density at radius 1 is 1.42 bits per heavy atom. The second-order valence-corrected chi connectivity index (χ2v) is 4.94. The van der Waals surface area contributed by atoms with Crippen LogP contribution in [0, 0.1) is 10.1 Å². The van der Waals surface area contributed by atoms with Gasteiger partial charge in [-0.05, 0) is 18.6 Å². The molecule has 0 spiro atoms. The number of nitro groups is 1. The maximum atomic E-state index is 12.0. The monoisotopic (exact) mass is 264 g/mol. The lowest BCUT2D eigenvalue weighted by Gasteiger charge is -2.46. The molecule has 6 heteroatoms. The smallest absolute Gasteiger partial charge is 0.269 e. The molecule has 0 aliphatic carbocycles. The minimum Gasteiger partial charge on any atom is -0.386 e. The van der Waals surface area contributed by atoms with E-state index >= 15 is 0 Å². The first-order chi connectivity index (χ1) is 8.95. The molecule has 1 aliphatic rings. The third kappa shape index (κ3) is 2.73. The fourth-order valence-electron chi connectivity index (χ4n) is 2.34. The average Bonchev–Trinajstić information content (AvgIpc) is 2.35. The molecular weight excluding hydrogens is 248 g/mol. The van der Waals surface area contributed by atoms with Gasteiger partial charge in [0.1, 0.15) is 0 Å². The summed E-state index contributed by atoms with van der Waals surface area (Å²) in [7, 11) is 0. The second kappa shape index (κ2) is 4.97. The average molecular weight is 264 g/mol. The SMILES string of the molecule is CCCC1(O)CN(C(=O)c2ccc([N+](=O)[O-])cc2)C1. The van der Waals surface area contributed by atoms with E-state index in [-0.39, 0.29) is 11.6 Å². The lowest BCUT2D eigenvalue weighted by atomic mass is 9.89. The van der Waals surface area contributed by atoms with Gasteiger partial charge in [0.15, 0.2) is 0 Å². The number of nitro benzene ring substituents is 1. The van der Waals surface area contributed by atoms with E-state index in [1.165, 1.54) is 24.3 Å². The Hall–Kier alpha value is -1.95. The van der Waals surface area contributed by atoms with Crippen molar-refractivity contribution in [3.8, 4) is 0 Å². The summed E-state index contributed by atoms with van der Waals surface area (Å²) in [5.41, 5.74) is -0.391. The number of carbonyl (C=O) groups is 1. The molecule has 6 nitrogen and oxygen atoms in total. The van der Waals surface area contributed by atoms with Crippen LogP contribution in [-0.2, 0) is 0 Å². The Kier molecular flexibility index (Phi) is 3.53. The maximum absolute atomic E-state index is 12.0. The number of non-ortho nitro benzene ring substituents is 1. The highest BCUT2D eigenvalue weighted by Crippen LogP contribution is 2.27. The third-order valence-electron chi connectivity index (χ3n) is 3.30. The molecule has 0 saturated carbocycles. The first kappa shape index (κ1) is 13.5. The number of nitrogens with zero attached hydrogens (tertiary/aromatic N) is 2. The van der Waals surface area contributed by atoms with Crippen LogP contribution in [0.3, 0.4) is 0 Å². The highest BCUT2D eigenvalue weighted by atomic mass is 16.6. The van der Waals surface area contributed by atoms with Gasteiger partial charge < -0.3 is 10.0 Å². The highest BCUT2D eigenvalue weighted by molar-refractivity contribution is 5.95. The van der Waals surface area contributed by atoms with E-state index in [1.807, 2.05) is 6.92 Å². The van der Waals surface area contributed by atoms with Crippen molar-refractivity contribution in [3.05, 3.63) is 39.9 Å². The Morgan fingerprint density at radius 2 is 2.00 bits per heavy atom. The van der Waals surface area contributed by atoms with Crippen molar-refractivity contribution in [2.75, 3.05) is 13.1 Å². The third-order valence-corrected chi connectivity index (χ3v) is 3.30. The van der Waals surface area contributed by atoms with Crippen LogP contribution in [0.1, 0.15) is 30.1 Å². The van der Waals surface area contributed by atoms with Crippen molar-refractivity contribution in [2.24, 2.45) is 0 Å². The summed E-state index contributed by atoms with van der Waals surface area (Å²) in [6.07, 6.45) is 1.55. The van der Waals surface area contributed by atoms with Gasteiger partial charge in [0.05, 0.1) is 23.6 Å². The van der Waals surface area contributed by atoms with Crippen molar-refractivity contribution >= 4 is 11.6 Å². The zero-order valence-corrected chi connectivity index (χ0v) is 10.7. The van der Waals surface area contributed by atoms with E-state index in [0.717, 1.165) is 6.42 Å². The molecule has 0 aromatic heterocycles. The van der Waals surface area contributed by atoms with E-state index in [0.29, 0.717) is 25.1 Å². The molecule has 0 unspecified atom stereocenters. The summed E-state index contributed by atoms with van der Waals surface area (Å²) in [4.78, 5) is 23.6. The van der Waals surface area contributed by atoms with Crippen LogP contribution in [-0.4, -0.2) is 39.5 Å². The van der Waals surface area contributed by atoms with Gasteiger partial charge in [0.2, 0.25) is 0 Å². The number of aliphatic hydroxyl groups is 1. The summed E-state index contributed by atoms with van der Waals surface area (Å²) in [5, 5.41) is 20.5. The van der Waals surface area contributed by atoms with Crippen molar-refractivity contribution < 1.29 is 14.8 Å². The maximum Gasteiger partial charge on any atom is 0.269 e. The Balaban J connectivity index is 2.00. The summed E-state index contributed by atoms with van der Waals surface area (Å²) < 4.78 is 0. The Morgan fingerprint density at radius 3 is 2.47 bits per heavy atom. The second-order valence-electron chi connectivity index (χ2n) is 4.94. The molecule has 0 bridgehead atoms. The number of hydrogen-bond donors (Lipinski definition) is 1. The zero-order valence-electron chi connectivity index (χ0n) is 10.7. The van der Waals surface area contributed by atoms with Crippen molar-refractivity contribution in [1.29, 1.82) is 0 Å². The Labute approximate surface area is 110 Å². The normalized spacial score (nSPS) is 16.8.